The Labute approximate surface area is 78.4 Å². The molecule has 1 atom stereocenters. The molecule has 0 saturated carbocycles. The molecule has 1 fully saturated rings. The van der Waals surface area contributed by atoms with Crippen molar-refractivity contribution in [3.8, 4) is 6.07 Å². The smallest absolute Gasteiger partial charge is 0.227 e. The van der Waals surface area contributed by atoms with Gasteiger partial charge in [0.1, 0.15) is 0 Å². The molecule has 1 N–H and O–H groups in total. The van der Waals surface area contributed by atoms with Gasteiger partial charge in [-0.3, -0.25) is 0 Å². The van der Waals surface area contributed by atoms with E-state index in [2.05, 4.69) is 5.32 Å². The van der Waals surface area contributed by atoms with Crippen LogP contribution < -0.4 is 5.32 Å². The van der Waals surface area contributed by atoms with Gasteiger partial charge in [-0.15, -0.1) is 0 Å². The van der Waals surface area contributed by atoms with E-state index in [-0.39, 0.29) is 6.04 Å². The molecule has 1 heterocycles. The van der Waals surface area contributed by atoms with Gasteiger partial charge < -0.3 is 5.32 Å². The maximum atomic E-state index is 11.4. The topological polar surface area (TPSA) is 73.2 Å². The van der Waals surface area contributed by atoms with Crippen LogP contribution in [0.15, 0.2) is 0 Å². The van der Waals surface area contributed by atoms with Crippen LogP contribution in [0.25, 0.3) is 0 Å². The van der Waals surface area contributed by atoms with Crippen molar-refractivity contribution in [2.75, 3.05) is 25.4 Å². The van der Waals surface area contributed by atoms with Crippen molar-refractivity contribution in [1.82, 2.24) is 9.62 Å². The molecule has 0 spiro atoms. The fourth-order valence-corrected chi connectivity index (χ4v) is 2.49. The Hall–Kier alpha value is -0.640. The number of nitriles is 1. The number of rotatable bonds is 2. The lowest BCUT2D eigenvalue weighted by molar-refractivity contribution is 0.311. The molecule has 0 aromatic carbocycles. The van der Waals surface area contributed by atoms with Gasteiger partial charge in [0, 0.05) is 25.7 Å². The minimum absolute atomic E-state index is 0.169. The lowest BCUT2D eigenvalue weighted by Crippen LogP contribution is -2.51. The predicted octanol–water partition coefficient (Wildman–Crippen LogP) is -0.867. The molecule has 1 aliphatic heterocycles. The minimum atomic E-state index is -3.33. The Morgan fingerprint density at radius 3 is 2.92 bits per heavy atom. The third kappa shape index (κ3) is 2.66. The van der Waals surface area contributed by atoms with Gasteiger partial charge >= 0.3 is 0 Å². The molecule has 1 rings (SSSR count). The third-order valence-corrected chi connectivity index (χ3v) is 3.58. The summed E-state index contributed by atoms with van der Waals surface area (Å²) in [6.07, 6.45) is 0. The molecule has 0 aromatic heterocycles. The molecule has 1 saturated heterocycles. The largest absolute Gasteiger partial charge is 0.312 e. The lowest BCUT2D eigenvalue weighted by atomic mass is 10.3. The maximum absolute atomic E-state index is 11.4. The van der Waals surface area contributed by atoms with Crippen molar-refractivity contribution in [3.05, 3.63) is 0 Å². The van der Waals surface area contributed by atoms with E-state index in [1.165, 1.54) is 4.31 Å². The lowest BCUT2D eigenvalue weighted by Gasteiger charge is -2.30. The first-order valence-electron chi connectivity index (χ1n) is 4.14. The summed E-state index contributed by atoms with van der Waals surface area (Å²) in [5.41, 5.74) is 0. The van der Waals surface area contributed by atoms with Gasteiger partial charge in [-0.2, -0.15) is 9.57 Å². The Morgan fingerprint density at radius 1 is 1.69 bits per heavy atom. The fraction of sp³-hybridized carbons (Fsp3) is 0.857. The van der Waals surface area contributed by atoms with E-state index >= 15 is 0 Å². The molecule has 0 aromatic rings. The molecular weight excluding hydrogens is 190 g/mol. The highest BCUT2D eigenvalue weighted by Crippen LogP contribution is 2.05. The molecule has 6 heteroatoms. The summed E-state index contributed by atoms with van der Waals surface area (Å²) in [7, 11) is -3.33. The fourth-order valence-electron chi connectivity index (χ4n) is 1.32. The quantitative estimate of drug-likeness (QED) is 0.633. The maximum Gasteiger partial charge on any atom is 0.227 e. The summed E-state index contributed by atoms with van der Waals surface area (Å²) in [5, 5.41) is 11.5. The Morgan fingerprint density at radius 2 is 2.38 bits per heavy atom. The average Bonchev–Trinajstić information content (AvgIpc) is 2.04. The van der Waals surface area contributed by atoms with Gasteiger partial charge in [0.05, 0.1) is 6.07 Å². The van der Waals surface area contributed by atoms with E-state index in [1.54, 1.807) is 6.07 Å². The van der Waals surface area contributed by atoms with Crippen LogP contribution in [0.5, 0.6) is 0 Å². The predicted molar refractivity (Wildman–Crippen MR) is 48.4 cm³/mol. The summed E-state index contributed by atoms with van der Waals surface area (Å²) in [5.74, 6) is -0.417. The van der Waals surface area contributed by atoms with E-state index in [0.29, 0.717) is 19.6 Å². The molecule has 1 aliphatic rings. The number of nitrogens with one attached hydrogen (secondary N) is 1. The van der Waals surface area contributed by atoms with E-state index in [9.17, 15) is 8.42 Å². The van der Waals surface area contributed by atoms with E-state index in [0.717, 1.165) is 0 Å². The van der Waals surface area contributed by atoms with Crippen molar-refractivity contribution in [3.63, 3.8) is 0 Å². The minimum Gasteiger partial charge on any atom is -0.312 e. The zero-order valence-corrected chi connectivity index (χ0v) is 8.34. The van der Waals surface area contributed by atoms with Gasteiger partial charge in [0.2, 0.25) is 10.0 Å². The SMILES string of the molecule is C[C@H]1CN(S(=O)(=O)CC#N)CCN1. The second-order valence-corrected chi connectivity index (χ2v) is 5.10. The van der Waals surface area contributed by atoms with Crippen molar-refractivity contribution < 1.29 is 8.42 Å². The molecule has 0 unspecified atom stereocenters. The Kier molecular flexibility index (Phi) is 3.25. The molecule has 0 radical (unpaired) electrons. The summed E-state index contributed by atoms with van der Waals surface area (Å²) >= 11 is 0. The highest BCUT2D eigenvalue weighted by Gasteiger charge is 2.26. The molecule has 0 bridgehead atoms. The molecular formula is C7H13N3O2S. The van der Waals surface area contributed by atoms with Gasteiger partial charge in [-0.1, -0.05) is 0 Å². The molecule has 74 valence electrons. The number of piperazine rings is 1. The monoisotopic (exact) mass is 203 g/mol. The van der Waals surface area contributed by atoms with Gasteiger partial charge in [0.15, 0.2) is 5.75 Å². The van der Waals surface area contributed by atoms with Crippen molar-refractivity contribution >= 4 is 10.0 Å². The zero-order chi connectivity index (χ0) is 9.90. The van der Waals surface area contributed by atoms with E-state index < -0.39 is 15.8 Å². The second kappa shape index (κ2) is 4.05. The number of nitrogens with zero attached hydrogens (tertiary/aromatic N) is 2. The summed E-state index contributed by atoms with van der Waals surface area (Å²) < 4.78 is 24.2. The average molecular weight is 203 g/mol. The normalized spacial score (nSPS) is 25.4. The number of sulfonamides is 1. The summed E-state index contributed by atoms with van der Waals surface area (Å²) in [6, 6.07) is 1.84. The second-order valence-electron chi connectivity index (χ2n) is 3.13. The number of hydrogen-bond acceptors (Lipinski definition) is 4. The molecule has 5 nitrogen and oxygen atoms in total. The molecule has 0 aliphatic carbocycles. The molecule has 13 heavy (non-hydrogen) atoms. The van der Waals surface area contributed by atoms with Crippen molar-refractivity contribution in [2.45, 2.75) is 13.0 Å². The van der Waals surface area contributed by atoms with Crippen molar-refractivity contribution in [1.29, 1.82) is 5.26 Å². The first kappa shape index (κ1) is 10.4. The highest BCUT2D eigenvalue weighted by molar-refractivity contribution is 7.89. The van der Waals surface area contributed by atoms with Crippen LogP contribution in [0.2, 0.25) is 0 Å². The zero-order valence-electron chi connectivity index (χ0n) is 7.52. The van der Waals surface area contributed by atoms with Crippen LogP contribution in [0.3, 0.4) is 0 Å². The first-order chi connectivity index (χ1) is 6.06. The standard InChI is InChI=1S/C7H13N3O2S/c1-7-6-10(4-3-9-7)13(11,12)5-2-8/h7,9H,3-6H2,1H3/t7-/m0/s1. The van der Waals surface area contributed by atoms with Crippen molar-refractivity contribution in [2.24, 2.45) is 0 Å². The Bertz CT molecular complexity index is 306. The van der Waals surface area contributed by atoms with Crippen LogP contribution in [0.4, 0.5) is 0 Å². The van der Waals surface area contributed by atoms with E-state index in [1.807, 2.05) is 6.92 Å². The van der Waals surface area contributed by atoms with Crippen LogP contribution in [-0.2, 0) is 10.0 Å². The molecule has 0 amide bonds. The van der Waals surface area contributed by atoms with E-state index in [4.69, 9.17) is 5.26 Å². The van der Waals surface area contributed by atoms with Gasteiger partial charge in [-0.25, -0.2) is 8.42 Å². The summed E-state index contributed by atoms with van der Waals surface area (Å²) in [4.78, 5) is 0. The van der Waals surface area contributed by atoms with Crippen LogP contribution in [0.1, 0.15) is 6.92 Å². The van der Waals surface area contributed by atoms with Crippen LogP contribution >= 0.6 is 0 Å². The third-order valence-electron chi connectivity index (χ3n) is 1.97. The Balaban J connectivity index is 2.66. The van der Waals surface area contributed by atoms with Crippen LogP contribution in [-0.4, -0.2) is 44.2 Å². The first-order valence-corrected chi connectivity index (χ1v) is 5.75. The highest BCUT2D eigenvalue weighted by atomic mass is 32.2. The van der Waals surface area contributed by atoms with Gasteiger partial charge in [-0.05, 0) is 6.92 Å². The van der Waals surface area contributed by atoms with Gasteiger partial charge in [0.25, 0.3) is 0 Å². The summed E-state index contributed by atoms with van der Waals surface area (Å²) in [6.45, 7) is 3.51. The number of hydrogen-bond donors (Lipinski definition) is 1. The van der Waals surface area contributed by atoms with Crippen LogP contribution in [0, 0.1) is 11.3 Å².